The molecule has 2 heterocycles. The molecular weight excluding hydrogens is 238 g/mol. The molecular formula is C12H14ClN3O. The minimum Gasteiger partial charge on any atom is -0.382 e. The molecule has 0 aliphatic rings. The zero-order valence-electron chi connectivity index (χ0n) is 9.55. The van der Waals surface area contributed by atoms with E-state index in [0.717, 1.165) is 24.2 Å². The number of hydrogen-bond acceptors (Lipinski definition) is 3. The number of rotatable bonds is 4. The third-order valence-electron chi connectivity index (χ3n) is 2.53. The summed E-state index contributed by atoms with van der Waals surface area (Å²) in [5.74, 6) is 0. The summed E-state index contributed by atoms with van der Waals surface area (Å²) >= 11 is 5.81. The number of aryl methyl sites for hydroxylation is 1. The Balaban J connectivity index is 2.30. The molecule has 0 radical (unpaired) electrons. The minimum atomic E-state index is -0.718. The highest BCUT2D eigenvalue weighted by atomic mass is 35.5. The lowest BCUT2D eigenvalue weighted by atomic mass is 10.1. The molecule has 2 rings (SSSR count). The van der Waals surface area contributed by atoms with E-state index in [1.165, 1.54) is 0 Å². The maximum absolute atomic E-state index is 10.3. The van der Waals surface area contributed by atoms with Crippen LogP contribution in [0.5, 0.6) is 0 Å². The summed E-state index contributed by atoms with van der Waals surface area (Å²) in [5, 5.41) is 14.8. The van der Waals surface area contributed by atoms with Crippen LogP contribution in [0.2, 0.25) is 5.15 Å². The van der Waals surface area contributed by atoms with Crippen molar-refractivity contribution in [3.8, 4) is 0 Å². The largest absolute Gasteiger partial charge is 0.382 e. The smallest absolute Gasteiger partial charge is 0.129 e. The molecule has 0 aliphatic carbocycles. The van der Waals surface area contributed by atoms with Gasteiger partial charge >= 0.3 is 0 Å². The molecule has 0 bridgehead atoms. The fraction of sp³-hybridized carbons (Fsp3) is 0.333. The maximum Gasteiger partial charge on any atom is 0.129 e. The van der Waals surface area contributed by atoms with Gasteiger partial charge in [-0.05, 0) is 30.2 Å². The second-order valence-corrected chi connectivity index (χ2v) is 4.18. The van der Waals surface area contributed by atoms with Gasteiger partial charge in [-0.25, -0.2) is 4.98 Å². The monoisotopic (exact) mass is 251 g/mol. The first-order valence-corrected chi connectivity index (χ1v) is 5.91. The Morgan fingerprint density at radius 3 is 2.94 bits per heavy atom. The van der Waals surface area contributed by atoms with E-state index < -0.39 is 6.10 Å². The molecule has 1 atom stereocenters. The fourth-order valence-electron chi connectivity index (χ4n) is 1.73. The van der Waals surface area contributed by atoms with Gasteiger partial charge in [-0.3, -0.25) is 4.68 Å². The number of nitrogens with zero attached hydrogens (tertiary/aromatic N) is 3. The van der Waals surface area contributed by atoms with Crippen LogP contribution in [0.4, 0.5) is 0 Å². The van der Waals surface area contributed by atoms with E-state index in [4.69, 9.17) is 11.6 Å². The van der Waals surface area contributed by atoms with Crippen molar-refractivity contribution < 1.29 is 5.11 Å². The van der Waals surface area contributed by atoms with Crippen molar-refractivity contribution in [2.45, 2.75) is 26.0 Å². The number of halogens is 1. The minimum absolute atomic E-state index is 0.378. The summed E-state index contributed by atoms with van der Waals surface area (Å²) in [6.45, 7) is 2.86. The number of aliphatic hydroxyl groups is 1. The number of aliphatic hydroxyl groups excluding tert-OH is 1. The van der Waals surface area contributed by atoms with Crippen molar-refractivity contribution in [1.29, 1.82) is 0 Å². The van der Waals surface area contributed by atoms with Gasteiger partial charge in [0.25, 0.3) is 0 Å². The second-order valence-electron chi connectivity index (χ2n) is 3.79. The highest BCUT2D eigenvalue weighted by molar-refractivity contribution is 6.29. The van der Waals surface area contributed by atoms with Crippen molar-refractivity contribution in [3.63, 3.8) is 0 Å². The van der Waals surface area contributed by atoms with Crippen molar-refractivity contribution >= 4 is 11.6 Å². The topological polar surface area (TPSA) is 50.9 Å². The van der Waals surface area contributed by atoms with E-state index in [2.05, 4.69) is 17.0 Å². The first-order chi connectivity index (χ1) is 8.22. The SMILES string of the molecule is CCCn1nccc1C(O)c1ccnc(Cl)c1. The van der Waals surface area contributed by atoms with Gasteiger partial charge in [0.2, 0.25) is 0 Å². The van der Waals surface area contributed by atoms with Crippen LogP contribution < -0.4 is 0 Å². The van der Waals surface area contributed by atoms with Gasteiger partial charge in [0.05, 0.1) is 5.69 Å². The van der Waals surface area contributed by atoms with Gasteiger partial charge < -0.3 is 5.11 Å². The van der Waals surface area contributed by atoms with Gasteiger partial charge in [0.15, 0.2) is 0 Å². The standard InChI is InChI=1S/C12H14ClN3O/c1-2-7-16-10(4-6-15-16)12(17)9-3-5-14-11(13)8-9/h3-6,8,12,17H,2,7H2,1H3. The lowest BCUT2D eigenvalue weighted by Gasteiger charge is -2.13. The predicted molar refractivity (Wildman–Crippen MR) is 65.8 cm³/mol. The average molecular weight is 252 g/mol. The highest BCUT2D eigenvalue weighted by Gasteiger charge is 2.15. The maximum atomic E-state index is 10.3. The number of aromatic nitrogens is 3. The second kappa shape index (κ2) is 5.29. The molecule has 0 saturated heterocycles. The molecule has 0 aliphatic heterocycles. The Labute approximate surface area is 105 Å². The van der Waals surface area contributed by atoms with Crippen LogP contribution in [0, 0.1) is 0 Å². The molecule has 0 spiro atoms. The van der Waals surface area contributed by atoms with Crippen LogP contribution >= 0.6 is 11.6 Å². The van der Waals surface area contributed by atoms with Crippen LogP contribution in [0.15, 0.2) is 30.6 Å². The van der Waals surface area contributed by atoms with Gasteiger partial charge in [0.1, 0.15) is 11.3 Å². The molecule has 0 saturated carbocycles. The van der Waals surface area contributed by atoms with Crippen LogP contribution in [-0.4, -0.2) is 19.9 Å². The Bertz CT molecular complexity index is 498. The Hall–Kier alpha value is -1.39. The van der Waals surface area contributed by atoms with Crippen molar-refractivity contribution in [1.82, 2.24) is 14.8 Å². The van der Waals surface area contributed by atoms with E-state index in [1.807, 2.05) is 6.07 Å². The molecule has 1 unspecified atom stereocenters. The molecule has 5 heteroatoms. The molecule has 17 heavy (non-hydrogen) atoms. The van der Waals surface area contributed by atoms with E-state index in [0.29, 0.717) is 5.15 Å². The summed E-state index contributed by atoms with van der Waals surface area (Å²) in [7, 11) is 0. The van der Waals surface area contributed by atoms with Gasteiger partial charge in [-0.1, -0.05) is 18.5 Å². The molecule has 0 amide bonds. The van der Waals surface area contributed by atoms with Crippen molar-refractivity contribution in [2.24, 2.45) is 0 Å². The zero-order valence-corrected chi connectivity index (χ0v) is 10.3. The molecule has 2 aromatic rings. The number of hydrogen-bond donors (Lipinski definition) is 1. The quantitative estimate of drug-likeness (QED) is 0.849. The predicted octanol–water partition coefficient (Wildman–Crippen LogP) is 2.42. The highest BCUT2D eigenvalue weighted by Crippen LogP contribution is 2.23. The molecule has 2 aromatic heterocycles. The third kappa shape index (κ3) is 2.65. The number of pyridine rings is 1. The molecule has 90 valence electrons. The van der Waals surface area contributed by atoms with E-state index in [1.54, 1.807) is 29.2 Å². The summed E-state index contributed by atoms with van der Waals surface area (Å²) in [6, 6.07) is 5.23. The summed E-state index contributed by atoms with van der Waals surface area (Å²) in [5.41, 5.74) is 1.50. The first-order valence-electron chi connectivity index (χ1n) is 5.53. The van der Waals surface area contributed by atoms with E-state index in [9.17, 15) is 5.11 Å². The van der Waals surface area contributed by atoms with E-state index in [-0.39, 0.29) is 0 Å². The Kier molecular flexibility index (Phi) is 3.76. The van der Waals surface area contributed by atoms with Crippen LogP contribution in [-0.2, 0) is 6.54 Å². The fourth-order valence-corrected chi connectivity index (χ4v) is 1.91. The lowest BCUT2D eigenvalue weighted by molar-refractivity contribution is 0.207. The van der Waals surface area contributed by atoms with Crippen LogP contribution in [0.3, 0.4) is 0 Å². The molecule has 1 N–H and O–H groups in total. The van der Waals surface area contributed by atoms with Crippen molar-refractivity contribution in [3.05, 3.63) is 47.0 Å². The van der Waals surface area contributed by atoms with E-state index >= 15 is 0 Å². The van der Waals surface area contributed by atoms with Crippen LogP contribution in [0.1, 0.15) is 30.7 Å². The third-order valence-corrected chi connectivity index (χ3v) is 2.74. The Morgan fingerprint density at radius 1 is 1.41 bits per heavy atom. The van der Waals surface area contributed by atoms with Crippen molar-refractivity contribution in [2.75, 3.05) is 0 Å². The summed E-state index contributed by atoms with van der Waals surface area (Å²) < 4.78 is 1.80. The van der Waals surface area contributed by atoms with Gasteiger partial charge in [-0.2, -0.15) is 5.10 Å². The summed E-state index contributed by atoms with van der Waals surface area (Å²) in [6.07, 6.45) is 3.53. The Morgan fingerprint density at radius 2 is 2.24 bits per heavy atom. The lowest BCUT2D eigenvalue weighted by Crippen LogP contribution is -2.10. The zero-order chi connectivity index (χ0) is 12.3. The van der Waals surface area contributed by atoms with Gasteiger partial charge in [-0.15, -0.1) is 0 Å². The first kappa shape index (κ1) is 12.1. The molecule has 4 nitrogen and oxygen atoms in total. The molecule has 0 fully saturated rings. The average Bonchev–Trinajstić information content (AvgIpc) is 2.77. The van der Waals surface area contributed by atoms with Crippen LogP contribution in [0.25, 0.3) is 0 Å². The summed E-state index contributed by atoms with van der Waals surface area (Å²) in [4.78, 5) is 3.89. The molecule has 0 aromatic carbocycles. The van der Waals surface area contributed by atoms with Gasteiger partial charge in [0, 0.05) is 18.9 Å². The normalized spacial score (nSPS) is 12.6.